The van der Waals surface area contributed by atoms with Crippen LogP contribution in [-0.2, 0) is 0 Å². The molecule has 5 heteroatoms. The number of aromatic amines is 1. The number of hydrogen-bond donors (Lipinski definition) is 2. The highest BCUT2D eigenvalue weighted by Gasteiger charge is 2.16. The molecule has 0 aliphatic carbocycles. The summed E-state index contributed by atoms with van der Waals surface area (Å²) < 4.78 is 0. The quantitative estimate of drug-likeness (QED) is 0.781. The summed E-state index contributed by atoms with van der Waals surface area (Å²) in [5, 5.41) is 6.37. The lowest BCUT2D eigenvalue weighted by atomic mass is 10.2. The van der Waals surface area contributed by atoms with E-state index in [9.17, 15) is 4.79 Å². The third-order valence-corrected chi connectivity index (χ3v) is 2.08. The molecule has 0 saturated carbocycles. The number of hydrogen-bond acceptors (Lipinski definition) is 3. The first-order valence-corrected chi connectivity index (χ1v) is 5.14. The Morgan fingerprint density at radius 2 is 2.33 bits per heavy atom. The third-order valence-electron chi connectivity index (χ3n) is 2.08. The van der Waals surface area contributed by atoms with Crippen LogP contribution in [-0.4, -0.2) is 34.1 Å². The van der Waals surface area contributed by atoms with E-state index >= 15 is 0 Å². The molecule has 0 unspecified atom stereocenters. The molecule has 0 aliphatic rings. The van der Waals surface area contributed by atoms with Crippen molar-refractivity contribution in [1.29, 1.82) is 0 Å². The first kappa shape index (κ1) is 11.6. The zero-order valence-corrected chi connectivity index (χ0v) is 9.45. The lowest BCUT2D eigenvalue weighted by Crippen LogP contribution is -2.34. The van der Waals surface area contributed by atoms with Crippen LogP contribution < -0.4 is 5.73 Å². The Morgan fingerprint density at radius 1 is 1.67 bits per heavy atom. The average Bonchev–Trinajstić information content (AvgIpc) is 2.60. The van der Waals surface area contributed by atoms with E-state index in [4.69, 9.17) is 5.73 Å². The smallest absolute Gasteiger partial charge is 0.271 e. The Kier molecular flexibility index (Phi) is 3.71. The van der Waals surface area contributed by atoms with Gasteiger partial charge in [0.1, 0.15) is 11.5 Å². The van der Waals surface area contributed by atoms with Crippen molar-refractivity contribution in [2.75, 3.05) is 18.8 Å². The third kappa shape index (κ3) is 2.97. The summed E-state index contributed by atoms with van der Waals surface area (Å²) in [6.45, 7) is 7.55. The van der Waals surface area contributed by atoms with Crippen molar-refractivity contribution < 1.29 is 4.79 Å². The van der Waals surface area contributed by atoms with Crippen LogP contribution in [0.15, 0.2) is 6.07 Å². The van der Waals surface area contributed by atoms with Gasteiger partial charge in [-0.1, -0.05) is 13.8 Å². The minimum atomic E-state index is -0.0459. The standard InChI is InChI=1S/C10H18N4O/c1-4-14(6-7(2)3)10(15)8-5-9(11)13-12-8/h5,7H,4,6H2,1-3H3,(H3,11,12,13). The Labute approximate surface area is 89.6 Å². The van der Waals surface area contributed by atoms with Gasteiger partial charge in [-0.3, -0.25) is 9.89 Å². The number of nitrogens with two attached hydrogens (primary N) is 1. The maximum Gasteiger partial charge on any atom is 0.271 e. The number of H-pyrrole nitrogens is 1. The maximum absolute atomic E-state index is 11.9. The molecule has 1 heterocycles. The Morgan fingerprint density at radius 3 is 2.73 bits per heavy atom. The fraction of sp³-hybridized carbons (Fsp3) is 0.600. The van der Waals surface area contributed by atoms with Gasteiger partial charge in [-0.15, -0.1) is 0 Å². The van der Waals surface area contributed by atoms with Gasteiger partial charge in [0, 0.05) is 19.2 Å². The maximum atomic E-state index is 11.9. The van der Waals surface area contributed by atoms with Crippen molar-refractivity contribution in [1.82, 2.24) is 15.1 Å². The van der Waals surface area contributed by atoms with Crippen LogP contribution in [0.3, 0.4) is 0 Å². The van der Waals surface area contributed by atoms with Gasteiger partial charge >= 0.3 is 0 Å². The molecule has 1 amide bonds. The molecule has 1 rings (SSSR count). The van der Waals surface area contributed by atoms with E-state index in [1.165, 1.54) is 0 Å². The summed E-state index contributed by atoms with van der Waals surface area (Å²) in [7, 11) is 0. The number of anilines is 1. The van der Waals surface area contributed by atoms with Crippen molar-refractivity contribution >= 4 is 11.7 Å². The van der Waals surface area contributed by atoms with Crippen LogP contribution in [0, 0.1) is 5.92 Å². The largest absolute Gasteiger partial charge is 0.382 e. The summed E-state index contributed by atoms with van der Waals surface area (Å²) in [5.41, 5.74) is 5.90. The van der Waals surface area contributed by atoms with E-state index in [1.54, 1.807) is 11.0 Å². The summed E-state index contributed by atoms with van der Waals surface area (Å²) in [6.07, 6.45) is 0. The number of nitrogen functional groups attached to an aromatic ring is 1. The summed E-state index contributed by atoms with van der Waals surface area (Å²) in [4.78, 5) is 13.7. The summed E-state index contributed by atoms with van der Waals surface area (Å²) in [6, 6.07) is 1.56. The monoisotopic (exact) mass is 210 g/mol. The highest BCUT2D eigenvalue weighted by molar-refractivity contribution is 5.92. The van der Waals surface area contributed by atoms with Gasteiger partial charge in [-0.25, -0.2) is 0 Å². The number of carbonyl (C=O) groups is 1. The van der Waals surface area contributed by atoms with Gasteiger partial charge in [0.25, 0.3) is 5.91 Å². The predicted molar refractivity (Wildman–Crippen MR) is 59.4 cm³/mol. The molecule has 0 spiro atoms. The number of rotatable bonds is 4. The molecule has 0 atom stereocenters. The van der Waals surface area contributed by atoms with Crippen LogP contribution in [0.5, 0.6) is 0 Å². The molecule has 5 nitrogen and oxygen atoms in total. The zero-order chi connectivity index (χ0) is 11.4. The Bertz CT molecular complexity index is 332. The number of nitrogens with zero attached hydrogens (tertiary/aromatic N) is 2. The summed E-state index contributed by atoms with van der Waals surface area (Å²) in [5.74, 6) is 0.753. The van der Waals surface area contributed by atoms with Crippen LogP contribution in [0.4, 0.5) is 5.82 Å². The van der Waals surface area contributed by atoms with Gasteiger partial charge in [0.2, 0.25) is 0 Å². The van der Waals surface area contributed by atoms with Crippen molar-refractivity contribution in [3.8, 4) is 0 Å². The van der Waals surface area contributed by atoms with Gasteiger partial charge in [0.05, 0.1) is 0 Å². The summed E-state index contributed by atoms with van der Waals surface area (Å²) >= 11 is 0. The second-order valence-electron chi connectivity index (χ2n) is 3.94. The van der Waals surface area contributed by atoms with Gasteiger partial charge < -0.3 is 10.6 Å². The molecule has 15 heavy (non-hydrogen) atoms. The van der Waals surface area contributed by atoms with Crippen molar-refractivity contribution in [2.24, 2.45) is 5.92 Å². The second-order valence-corrected chi connectivity index (χ2v) is 3.94. The van der Waals surface area contributed by atoms with E-state index in [-0.39, 0.29) is 5.91 Å². The lowest BCUT2D eigenvalue weighted by molar-refractivity contribution is 0.0740. The molecule has 0 radical (unpaired) electrons. The predicted octanol–water partition coefficient (Wildman–Crippen LogP) is 1.11. The molecular weight excluding hydrogens is 192 g/mol. The topological polar surface area (TPSA) is 75.0 Å². The highest BCUT2D eigenvalue weighted by Crippen LogP contribution is 2.07. The highest BCUT2D eigenvalue weighted by atomic mass is 16.2. The molecule has 0 aliphatic heterocycles. The SMILES string of the molecule is CCN(CC(C)C)C(=O)c1cc(N)n[nH]1. The number of aromatic nitrogens is 2. The van der Waals surface area contributed by atoms with E-state index in [2.05, 4.69) is 24.0 Å². The number of carbonyl (C=O) groups excluding carboxylic acids is 1. The minimum Gasteiger partial charge on any atom is -0.382 e. The molecule has 1 aromatic heterocycles. The van der Waals surface area contributed by atoms with Crippen molar-refractivity contribution in [3.05, 3.63) is 11.8 Å². The first-order valence-electron chi connectivity index (χ1n) is 5.14. The fourth-order valence-electron chi connectivity index (χ4n) is 1.41. The average molecular weight is 210 g/mol. The molecule has 0 fully saturated rings. The van der Waals surface area contributed by atoms with E-state index in [0.717, 1.165) is 6.54 Å². The van der Waals surface area contributed by atoms with Crippen LogP contribution in [0.2, 0.25) is 0 Å². The fourth-order valence-corrected chi connectivity index (χ4v) is 1.41. The zero-order valence-electron chi connectivity index (χ0n) is 9.45. The molecule has 0 bridgehead atoms. The van der Waals surface area contributed by atoms with Gasteiger partial charge in [0.15, 0.2) is 0 Å². The van der Waals surface area contributed by atoms with Crippen LogP contribution in [0.1, 0.15) is 31.3 Å². The lowest BCUT2D eigenvalue weighted by Gasteiger charge is -2.21. The molecule has 0 saturated heterocycles. The van der Waals surface area contributed by atoms with E-state index in [0.29, 0.717) is 24.0 Å². The Balaban J connectivity index is 2.73. The normalized spacial score (nSPS) is 10.7. The van der Waals surface area contributed by atoms with Crippen molar-refractivity contribution in [3.63, 3.8) is 0 Å². The molecule has 0 aromatic carbocycles. The molecule has 84 valence electrons. The van der Waals surface area contributed by atoms with Crippen molar-refractivity contribution in [2.45, 2.75) is 20.8 Å². The van der Waals surface area contributed by atoms with Gasteiger partial charge in [-0.2, -0.15) is 5.10 Å². The molecular formula is C10H18N4O. The van der Waals surface area contributed by atoms with E-state index in [1.807, 2.05) is 6.92 Å². The molecule has 3 N–H and O–H groups in total. The minimum absolute atomic E-state index is 0.0459. The first-order chi connectivity index (χ1) is 7.04. The Hall–Kier alpha value is -1.52. The van der Waals surface area contributed by atoms with Crippen LogP contribution >= 0.6 is 0 Å². The van der Waals surface area contributed by atoms with Gasteiger partial charge in [-0.05, 0) is 12.8 Å². The van der Waals surface area contributed by atoms with Crippen LogP contribution in [0.25, 0.3) is 0 Å². The number of nitrogens with one attached hydrogen (secondary N) is 1. The van der Waals surface area contributed by atoms with E-state index < -0.39 is 0 Å². The number of amides is 1. The second kappa shape index (κ2) is 4.82. The molecule has 1 aromatic rings.